The molecule has 29 heavy (non-hydrogen) atoms. The van der Waals surface area contributed by atoms with Gasteiger partial charge < -0.3 is 10.1 Å². The van der Waals surface area contributed by atoms with E-state index in [1.165, 1.54) is 18.3 Å². The van der Waals surface area contributed by atoms with Gasteiger partial charge in [0.25, 0.3) is 0 Å². The van der Waals surface area contributed by atoms with Gasteiger partial charge in [-0.25, -0.2) is 14.2 Å². The summed E-state index contributed by atoms with van der Waals surface area (Å²) in [4.78, 5) is 32.5. The van der Waals surface area contributed by atoms with E-state index >= 15 is 0 Å². The highest BCUT2D eigenvalue weighted by Crippen LogP contribution is 2.22. The van der Waals surface area contributed by atoms with Crippen molar-refractivity contribution < 1.29 is 18.7 Å². The van der Waals surface area contributed by atoms with Crippen LogP contribution in [0.2, 0.25) is 5.28 Å². The van der Waals surface area contributed by atoms with Crippen molar-refractivity contribution >= 4 is 34.9 Å². The molecule has 0 aliphatic heterocycles. The number of benzene rings is 2. The van der Waals surface area contributed by atoms with Crippen LogP contribution in [0.4, 0.5) is 15.9 Å². The number of esters is 1. The Balaban J connectivity index is 1.82. The number of hydrogen-bond acceptors (Lipinski definition) is 6. The van der Waals surface area contributed by atoms with Gasteiger partial charge in [0.1, 0.15) is 17.2 Å². The number of nitrogens with one attached hydrogen (secondary N) is 1. The first-order valence-electron chi connectivity index (χ1n) is 8.80. The lowest BCUT2D eigenvalue weighted by atomic mass is 10.0. The summed E-state index contributed by atoms with van der Waals surface area (Å²) in [6.45, 7) is 1.89. The summed E-state index contributed by atoms with van der Waals surface area (Å²) in [6.07, 6.45) is 1.34. The molecule has 1 N–H and O–H groups in total. The van der Waals surface area contributed by atoms with Crippen LogP contribution in [0, 0.1) is 5.82 Å². The number of carbonyl (C=O) groups is 2. The summed E-state index contributed by atoms with van der Waals surface area (Å²) in [5.41, 5.74) is 1.65. The maximum absolute atomic E-state index is 13.3. The number of anilines is 2. The van der Waals surface area contributed by atoms with Crippen molar-refractivity contribution in [2.45, 2.75) is 13.3 Å². The number of ether oxygens (including phenoxy) is 1. The van der Waals surface area contributed by atoms with E-state index in [0.29, 0.717) is 16.8 Å². The summed E-state index contributed by atoms with van der Waals surface area (Å²) >= 11 is 5.85. The van der Waals surface area contributed by atoms with E-state index in [9.17, 15) is 14.0 Å². The Morgan fingerprint density at radius 3 is 2.72 bits per heavy atom. The molecule has 2 aromatic carbocycles. The molecule has 0 saturated heterocycles. The van der Waals surface area contributed by atoms with Gasteiger partial charge in [-0.3, -0.25) is 4.79 Å². The Kier molecular flexibility index (Phi) is 6.51. The van der Waals surface area contributed by atoms with Gasteiger partial charge in [0.05, 0.1) is 6.61 Å². The third-order valence-electron chi connectivity index (χ3n) is 3.96. The largest absolute Gasteiger partial charge is 0.462 e. The second-order valence-corrected chi connectivity index (χ2v) is 6.40. The molecule has 0 radical (unpaired) electrons. The molecule has 1 aromatic heterocycles. The lowest BCUT2D eigenvalue weighted by Gasteiger charge is -2.11. The third-order valence-corrected chi connectivity index (χ3v) is 4.14. The van der Waals surface area contributed by atoms with Crippen molar-refractivity contribution in [1.82, 2.24) is 9.97 Å². The number of Topliss-reactive ketones (excluding diaryl/α,β-unsaturated/α-hetero) is 1. The Hall–Kier alpha value is -3.32. The zero-order chi connectivity index (χ0) is 20.8. The van der Waals surface area contributed by atoms with Gasteiger partial charge in [0, 0.05) is 23.9 Å². The lowest BCUT2D eigenvalue weighted by molar-refractivity contribution is 0.0526. The highest BCUT2D eigenvalue weighted by Gasteiger charge is 2.16. The summed E-state index contributed by atoms with van der Waals surface area (Å²) in [5, 5.41) is 2.93. The fourth-order valence-corrected chi connectivity index (χ4v) is 2.79. The van der Waals surface area contributed by atoms with Crippen molar-refractivity contribution in [2.75, 3.05) is 11.9 Å². The van der Waals surface area contributed by atoms with Crippen molar-refractivity contribution in [1.29, 1.82) is 0 Å². The predicted molar refractivity (Wildman–Crippen MR) is 107 cm³/mol. The maximum atomic E-state index is 13.3. The van der Waals surface area contributed by atoms with E-state index in [-0.39, 0.29) is 35.5 Å². The molecule has 0 aliphatic rings. The van der Waals surface area contributed by atoms with Crippen LogP contribution in [0.5, 0.6) is 0 Å². The number of carbonyl (C=O) groups excluding carboxylic acids is 2. The molecule has 0 amide bonds. The Labute approximate surface area is 171 Å². The zero-order valence-electron chi connectivity index (χ0n) is 15.5. The van der Waals surface area contributed by atoms with Crippen molar-refractivity contribution in [3.63, 3.8) is 0 Å². The summed E-state index contributed by atoms with van der Waals surface area (Å²) < 4.78 is 18.3. The molecule has 0 bridgehead atoms. The number of halogens is 2. The average molecular weight is 414 g/mol. The second kappa shape index (κ2) is 9.25. The standard InChI is InChI=1S/C21H17ClFN3O3/c1-2-29-20(28)17-12-24-21(22)26-19(17)25-16-8-4-6-14(11-16)18(27)10-13-5-3-7-15(23)9-13/h3-9,11-12H,2,10H2,1H3,(H,24,25,26). The van der Waals surface area contributed by atoms with Crippen molar-refractivity contribution in [3.05, 3.63) is 82.5 Å². The van der Waals surface area contributed by atoms with Gasteiger partial charge in [-0.1, -0.05) is 24.3 Å². The molecule has 148 valence electrons. The number of aromatic nitrogens is 2. The molecular formula is C21H17ClFN3O3. The molecule has 0 fully saturated rings. The lowest BCUT2D eigenvalue weighted by Crippen LogP contribution is -2.10. The topological polar surface area (TPSA) is 81.2 Å². The molecule has 3 rings (SSSR count). The van der Waals surface area contributed by atoms with Crippen LogP contribution in [-0.4, -0.2) is 28.3 Å². The monoisotopic (exact) mass is 413 g/mol. The Morgan fingerprint density at radius 1 is 1.17 bits per heavy atom. The van der Waals surface area contributed by atoms with Crippen LogP contribution in [0.3, 0.4) is 0 Å². The maximum Gasteiger partial charge on any atom is 0.343 e. The highest BCUT2D eigenvalue weighted by atomic mass is 35.5. The molecular weight excluding hydrogens is 397 g/mol. The van der Waals surface area contributed by atoms with Crippen LogP contribution in [0.15, 0.2) is 54.7 Å². The van der Waals surface area contributed by atoms with E-state index < -0.39 is 11.8 Å². The first-order chi connectivity index (χ1) is 14.0. The van der Waals surface area contributed by atoms with Gasteiger partial charge in [0.2, 0.25) is 5.28 Å². The molecule has 0 aliphatic carbocycles. The van der Waals surface area contributed by atoms with Gasteiger partial charge in [-0.05, 0) is 48.4 Å². The van der Waals surface area contributed by atoms with Crippen molar-refractivity contribution in [3.8, 4) is 0 Å². The number of ketones is 1. The quantitative estimate of drug-likeness (QED) is 0.346. The van der Waals surface area contributed by atoms with E-state index in [4.69, 9.17) is 16.3 Å². The molecule has 8 heteroatoms. The minimum Gasteiger partial charge on any atom is -0.462 e. The van der Waals surface area contributed by atoms with Crippen LogP contribution in [0.1, 0.15) is 33.2 Å². The minimum absolute atomic E-state index is 0.0427. The fourth-order valence-electron chi connectivity index (χ4n) is 2.66. The van der Waals surface area contributed by atoms with Gasteiger partial charge >= 0.3 is 5.97 Å². The number of nitrogens with zero attached hydrogens (tertiary/aromatic N) is 2. The molecule has 0 saturated carbocycles. The zero-order valence-corrected chi connectivity index (χ0v) is 16.2. The molecule has 0 spiro atoms. The van der Waals surface area contributed by atoms with E-state index in [2.05, 4.69) is 15.3 Å². The average Bonchev–Trinajstić information content (AvgIpc) is 2.68. The van der Waals surface area contributed by atoms with Crippen LogP contribution >= 0.6 is 11.6 Å². The van der Waals surface area contributed by atoms with Crippen LogP contribution < -0.4 is 5.32 Å². The van der Waals surface area contributed by atoms with Crippen molar-refractivity contribution in [2.24, 2.45) is 0 Å². The first-order valence-corrected chi connectivity index (χ1v) is 9.18. The van der Waals surface area contributed by atoms with Crippen LogP contribution in [0.25, 0.3) is 0 Å². The molecule has 3 aromatic rings. The summed E-state index contributed by atoms with van der Waals surface area (Å²) in [5.74, 6) is -0.994. The number of rotatable bonds is 7. The van der Waals surface area contributed by atoms with Gasteiger partial charge in [-0.2, -0.15) is 4.98 Å². The summed E-state index contributed by atoms with van der Waals surface area (Å²) in [7, 11) is 0. The van der Waals surface area contributed by atoms with Crippen LogP contribution in [-0.2, 0) is 11.2 Å². The smallest absolute Gasteiger partial charge is 0.343 e. The normalized spacial score (nSPS) is 10.4. The van der Waals surface area contributed by atoms with E-state index in [0.717, 1.165) is 0 Å². The molecule has 1 heterocycles. The highest BCUT2D eigenvalue weighted by molar-refractivity contribution is 6.28. The van der Waals surface area contributed by atoms with Gasteiger partial charge in [-0.15, -0.1) is 0 Å². The van der Waals surface area contributed by atoms with Gasteiger partial charge in [0.15, 0.2) is 5.78 Å². The van der Waals surface area contributed by atoms with E-state index in [1.54, 1.807) is 43.3 Å². The fraction of sp³-hybridized carbons (Fsp3) is 0.143. The SMILES string of the molecule is CCOC(=O)c1cnc(Cl)nc1Nc1cccc(C(=O)Cc2cccc(F)c2)c1. The predicted octanol–water partition coefficient (Wildman–Crippen LogP) is 4.61. The minimum atomic E-state index is -0.593. The molecule has 6 nitrogen and oxygen atoms in total. The third kappa shape index (κ3) is 5.36. The molecule has 0 unspecified atom stereocenters. The number of hydrogen-bond donors (Lipinski definition) is 1. The first kappa shape index (κ1) is 20.4. The summed E-state index contributed by atoms with van der Waals surface area (Å²) in [6, 6.07) is 12.6. The Bertz CT molecular complexity index is 1060. The Morgan fingerprint density at radius 2 is 1.97 bits per heavy atom. The second-order valence-electron chi connectivity index (χ2n) is 6.06. The van der Waals surface area contributed by atoms with E-state index in [1.807, 2.05) is 0 Å². The molecule has 0 atom stereocenters.